The van der Waals surface area contributed by atoms with Gasteiger partial charge in [0.1, 0.15) is 0 Å². The van der Waals surface area contributed by atoms with Crippen molar-refractivity contribution in [1.29, 1.82) is 0 Å². The zero-order chi connectivity index (χ0) is 20.3. The van der Waals surface area contributed by atoms with E-state index in [2.05, 4.69) is 5.32 Å². The van der Waals surface area contributed by atoms with E-state index >= 15 is 0 Å². The number of para-hydroxylation sites is 4. The van der Waals surface area contributed by atoms with Crippen molar-refractivity contribution < 1.29 is 9.90 Å². The van der Waals surface area contributed by atoms with Crippen molar-refractivity contribution in [2.24, 2.45) is 0 Å². The maximum atomic E-state index is 11.2. The number of hydrogen-bond donors (Lipinski definition) is 2. The van der Waals surface area contributed by atoms with Gasteiger partial charge < -0.3 is 10.4 Å². The highest BCUT2D eigenvalue weighted by molar-refractivity contribution is 5.94. The number of hydrogen-bond acceptors (Lipinski definition) is 2. The van der Waals surface area contributed by atoms with Gasteiger partial charge in [0.2, 0.25) is 0 Å². The summed E-state index contributed by atoms with van der Waals surface area (Å²) in [5.41, 5.74) is 3.52. The molecule has 144 valence electrons. The van der Waals surface area contributed by atoms with Crippen LogP contribution < -0.4 is 10.2 Å². The van der Waals surface area contributed by atoms with Crippen LogP contribution in [0.4, 0.5) is 27.5 Å². The Morgan fingerprint density at radius 1 is 0.552 bits per heavy atom. The smallest absolute Gasteiger partial charge is 0.416 e. The largest absolute Gasteiger partial charge is 0.464 e. The molecule has 0 aromatic heterocycles. The predicted octanol–water partition coefficient (Wildman–Crippen LogP) is 6.93. The Hall–Kier alpha value is -4.05. The number of carboxylic acid groups (broad SMARTS) is 1. The van der Waals surface area contributed by atoms with E-state index in [0.29, 0.717) is 11.4 Å². The predicted molar refractivity (Wildman–Crippen MR) is 119 cm³/mol. The fraction of sp³-hybridized carbons (Fsp3) is 0. The average molecular weight is 382 g/mol. The average Bonchev–Trinajstić information content (AvgIpc) is 2.77. The number of nitrogens with zero attached hydrogens (tertiary/aromatic N) is 1. The van der Waals surface area contributed by atoms with Gasteiger partial charge in [-0.15, -0.1) is 0 Å². The molecule has 29 heavy (non-hydrogen) atoms. The van der Waals surface area contributed by atoms with Gasteiger partial charge in [0.15, 0.2) is 0 Å². The van der Waals surface area contributed by atoms with Crippen LogP contribution in [0.25, 0.3) is 0 Å². The Labute approximate surface area is 170 Å². The standard InChI is InChI=1S/C13H11NO2.C12H11N/c15-13(16)14(11-7-3-1-4-8-11)12-9-5-2-6-10-12;1-3-7-11(8-4-1)13-12-9-5-2-6-10-12/h1-10H,(H,15,16);1-10,13H. The molecule has 2 N–H and O–H groups in total. The van der Waals surface area contributed by atoms with E-state index in [1.807, 2.05) is 97.1 Å². The monoisotopic (exact) mass is 382 g/mol. The Morgan fingerprint density at radius 2 is 0.862 bits per heavy atom. The quantitative estimate of drug-likeness (QED) is 0.402. The third kappa shape index (κ3) is 5.97. The number of benzene rings is 4. The summed E-state index contributed by atoms with van der Waals surface area (Å²) in [6.45, 7) is 0. The lowest BCUT2D eigenvalue weighted by Gasteiger charge is -2.18. The first-order valence-corrected chi connectivity index (χ1v) is 9.24. The summed E-state index contributed by atoms with van der Waals surface area (Å²) < 4.78 is 0. The molecule has 0 saturated carbocycles. The number of rotatable bonds is 4. The molecule has 0 aliphatic carbocycles. The van der Waals surface area contributed by atoms with E-state index in [1.165, 1.54) is 4.90 Å². The van der Waals surface area contributed by atoms with Crippen molar-refractivity contribution in [3.63, 3.8) is 0 Å². The van der Waals surface area contributed by atoms with E-state index in [0.717, 1.165) is 11.4 Å². The summed E-state index contributed by atoms with van der Waals surface area (Å²) in [6, 6.07) is 38.3. The molecule has 1 amide bonds. The molecule has 0 bridgehead atoms. The molecule has 4 heteroatoms. The minimum Gasteiger partial charge on any atom is -0.464 e. The molecule has 0 heterocycles. The van der Waals surface area contributed by atoms with Crippen LogP contribution >= 0.6 is 0 Å². The van der Waals surface area contributed by atoms with Crippen LogP contribution in [0.3, 0.4) is 0 Å². The van der Waals surface area contributed by atoms with Gasteiger partial charge in [0.05, 0.1) is 11.4 Å². The molecule has 0 fully saturated rings. The molecule has 0 radical (unpaired) electrons. The summed E-state index contributed by atoms with van der Waals surface area (Å²) in [5, 5.41) is 12.5. The zero-order valence-corrected chi connectivity index (χ0v) is 15.8. The van der Waals surface area contributed by atoms with Crippen molar-refractivity contribution >= 4 is 28.8 Å². The molecule has 4 aromatic carbocycles. The van der Waals surface area contributed by atoms with Gasteiger partial charge in [-0.3, -0.25) is 0 Å². The number of carbonyl (C=O) groups is 1. The topological polar surface area (TPSA) is 52.6 Å². The first-order chi connectivity index (χ1) is 14.2. The van der Waals surface area contributed by atoms with E-state index < -0.39 is 6.09 Å². The minimum absolute atomic E-state index is 0.640. The van der Waals surface area contributed by atoms with Crippen LogP contribution in [0.2, 0.25) is 0 Å². The van der Waals surface area contributed by atoms with Gasteiger partial charge in [-0.05, 0) is 48.5 Å². The van der Waals surface area contributed by atoms with Crippen molar-refractivity contribution in [3.8, 4) is 0 Å². The minimum atomic E-state index is -0.989. The lowest BCUT2D eigenvalue weighted by atomic mass is 10.2. The van der Waals surface area contributed by atoms with Crippen LogP contribution in [0, 0.1) is 0 Å². The van der Waals surface area contributed by atoms with Crippen LogP contribution in [0.15, 0.2) is 121 Å². The second kappa shape index (κ2) is 10.3. The van der Waals surface area contributed by atoms with E-state index in [-0.39, 0.29) is 0 Å². The number of amides is 1. The maximum Gasteiger partial charge on any atom is 0.416 e. The van der Waals surface area contributed by atoms with Crippen LogP contribution in [-0.4, -0.2) is 11.2 Å². The normalized spacial score (nSPS) is 9.66. The molecule has 0 unspecified atom stereocenters. The van der Waals surface area contributed by atoms with Crippen LogP contribution in [0.1, 0.15) is 0 Å². The number of anilines is 4. The van der Waals surface area contributed by atoms with Gasteiger partial charge in [-0.25, -0.2) is 9.69 Å². The first kappa shape index (κ1) is 19.7. The molecule has 0 atom stereocenters. The van der Waals surface area contributed by atoms with Crippen molar-refractivity contribution in [2.75, 3.05) is 10.2 Å². The Morgan fingerprint density at radius 3 is 1.17 bits per heavy atom. The van der Waals surface area contributed by atoms with E-state index in [1.54, 1.807) is 24.3 Å². The first-order valence-electron chi connectivity index (χ1n) is 9.24. The maximum absolute atomic E-state index is 11.2. The van der Waals surface area contributed by atoms with Crippen LogP contribution in [0.5, 0.6) is 0 Å². The summed E-state index contributed by atoms with van der Waals surface area (Å²) in [6.07, 6.45) is -0.989. The Bertz CT molecular complexity index is 915. The Balaban J connectivity index is 0.000000169. The van der Waals surface area contributed by atoms with E-state index in [9.17, 15) is 9.90 Å². The van der Waals surface area contributed by atoms with Crippen molar-refractivity contribution in [1.82, 2.24) is 0 Å². The molecule has 0 spiro atoms. The van der Waals surface area contributed by atoms with Crippen LogP contribution in [-0.2, 0) is 0 Å². The fourth-order valence-corrected chi connectivity index (χ4v) is 2.73. The van der Waals surface area contributed by atoms with E-state index in [4.69, 9.17) is 0 Å². The van der Waals surface area contributed by atoms with Gasteiger partial charge in [0.25, 0.3) is 0 Å². The highest BCUT2D eigenvalue weighted by Crippen LogP contribution is 2.24. The molecule has 4 rings (SSSR count). The van der Waals surface area contributed by atoms with Crippen molar-refractivity contribution in [2.45, 2.75) is 0 Å². The molecular weight excluding hydrogens is 360 g/mol. The molecule has 0 aliphatic rings. The molecule has 0 saturated heterocycles. The lowest BCUT2D eigenvalue weighted by Crippen LogP contribution is -2.23. The highest BCUT2D eigenvalue weighted by Gasteiger charge is 2.15. The second-order valence-corrected chi connectivity index (χ2v) is 6.15. The third-order valence-electron chi connectivity index (χ3n) is 4.06. The lowest BCUT2D eigenvalue weighted by molar-refractivity contribution is 0.205. The highest BCUT2D eigenvalue weighted by atomic mass is 16.4. The summed E-state index contributed by atoms with van der Waals surface area (Å²) in [7, 11) is 0. The molecular formula is C25H22N2O2. The molecule has 4 aromatic rings. The second-order valence-electron chi connectivity index (χ2n) is 6.15. The zero-order valence-electron chi connectivity index (χ0n) is 15.8. The molecule has 4 nitrogen and oxygen atoms in total. The van der Waals surface area contributed by atoms with Crippen molar-refractivity contribution in [3.05, 3.63) is 121 Å². The van der Waals surface area contributed by atoms with Gasteiger partial charge in [0, 0.05) is 11.4 Å². The number of nitrogens with one attached hydrogen (secondary N) is 1. The summed E-state index contributed by atoms with van der Waals surface area (Å²) >= 11 is 0. The van der Waals surface area contributed by atoms with Gasteiger partial charge in [-0.1, -0.05) is 72.8 Å². The Kier molecular flexibility index (Phi) is 7.02. The fourth-order valence-electron chi connectivity index (χ4n) is 2.73. The SMILES string of the molecule is O=C(O)N(c1ccccc1)c1ccccc1.c1ccc(Nc2ccccc2)cc1. The molecule has 0 aliphatic heterocycles. The summed E-state index contributed by atoms with van der Waals surface area (Å²) in [5.74, 6) is 0. The van der Waals surface area contributed by atoms with Gasteiger partial charge in [-0.2, -0.15) is 0 Å². The van der Waals surface area contributed by atoms with Gasteiger partial charge >= 0.3 is 6.09 Å². The third-order valence-corrected chi connectivity index (χ3v) is 4.06. The summed E-state index contributed by atoms with van der Waals surface area (Å²) in [4.78, 5) is 12.5.